The minimum atomic E-state index is 0.359. The fourth-order valence-corrected chi connectivity index (χ4v) is 2.68. The molecule has 0 aliphatic rings. The average Bonchev–Trinajstić information content (AvgIpc) is 2.46. The van der Waals surface area contributed by atoms with Crippen molar-refractivity contribution in [2.75, 3.05) is 6.54 Å². The lowest BCUT2D eigenvalue weighted by molar-refractivity contribution is 0.403. The van der Waals surface area contributed by atoms with E-state index in [9.17, 15) is 0 Å². The van der Waals surface area contributed by atoms with E-state index in [2.05, 4.69) is 63.3 Å². The van der Waals surface area contributed by atoms with E-state index in [1.165, 1.54) is 23.1 Å². The van der Waals surface area contributed by atoms with Crippen molar-refractivity contribution in [3.8, 4) is 0 Å². The highest BCUT2D eigenvalue weighted by Crippen LogP contribution is 2.25. The molecule has 0 bridgehead atoms. The summed E-state index contributed by atoms with van der Waals surface area (Å²) in [6.07, 6.45) is 2.36. The summed E-state index contributed by atoms with van der Waals surface area (Å²) in [5.41, 5.74) is 3.61. The van der Waals surface area contributed by atoms with E-state index in [-0.39, 0.29) is 0 Å². The first-order chi connectivity index (χ1) is 9.65. The quantitative estimate of drug-likeness (QED) is 0.827. The maximum absolute atomic E-state index is 4.88. The van der Waals surface area contributed by atoms with Gasteiger partial charge in [-0.2, -0.15) is 0 Å². The smallest absolute Gasteiger partial charge is 0.0708 e. The lowest BCUT2D eigenvalue weighted by atomic mass is 9.95. The van der Waals surface area contributed by atoms with Crippen molar-refractivity contribution in [3.05, 3.63) is 41.6 Å². The number of aromatic nitrogens is 1. The second-order valence-electron chi connectivity index (χ2n) is 5.74. The third-order valence-corrected chi connectivity index (χ3v) is 4.09. The third kappa shape index (κ3) is 3.37. The molecule has 0 spiro atoms. The van der Waals surface area contributed by atoms with Crippen LogP contribution >= 0.6 is 0 Å². The number of rotatable bonds is 6. The van der Waals surface area contributed by atoms with Gasteiger partial charge in [0.2, 0.25) is 0 Å². The Morgan fingerprint density at radius 3 is 2.65 bits per heavy atom. The molecule has 0 aliphatic heterocycles. The molecule has 108 valence electrons. The first-order valence-electron chi connectivity index (χ1n) is 7.75. The summed E-state index contributed by atoms with van der Waals surface area (Å²) in [5.74, 6) is 0.715. The number of nitrogens with zero attached hydrogens (tertiary/aromatic N) is 1. The Hall–Kier alpha value is -1.41. The first kappa shape index (κ1) is 15.0. The molecule has 2 heteroatoms. The number of para-hydroxylation sites is 1. The summed E-state index contributed by atoms with van der Waals surface area (Å²) in [4.78, 5) is 4.88. The average molecular weight is 270 g/mol. The van der Waals surface area contributed by atoms with E-state index in [0.29, 0.717) is 12.0 Å². The molecule has 2 nitrogen and oxygen atoms in total. The summed E-state index contributed by atoms with van der Waals surface area (Å²) < 4.78 is 0. The van der Waals surface area contributed by atoms with Crippen LogP contribution in [0, 0.1) is 12.8 Å². The van der Waals surface area contributed by atoms with Crippen LogP contribution in [-0.4, -0.2) is 11.5 Å². The zero-order chi connectivity index (χ0) is 14.5. The zero-order valence-electron chi connectivity index (χ0n) is 13.1. The van der Waals surface area contributed by atoms with E-state index < -0.39 is 0 Å². The lowest BCUT2D eigenvalue weighted by Crippen LogP contribution is -2.24. The van der Waals surface area contributed by atoms with Gasteiger partial charge < -0.3 is 5.32 Å². The van der Waals surface area contributed by atoms with E-state index in [1.54, 1.807) is 0 Å². The third-order valence-electron chi connectivity index (χ3n) is 4.09. The Morgan fingerprint density at radius 1 is 1.20 bits per heavy atom. The molecule has 1 aromatic heterocycles. The van der Waals surface area contributed by atoms with Crippen molar-refractivity contribution in [1.82, 2.24) is 10.3 Å². The Bertz CT molecular complexity index is 562. The molecule has 1 N–H and O–H groups in total. The van der Waals surface area contributed by atoms with Gasteiger partial charge in [0.05, 0.1) is 11.2 Å². The predicted molar refractivity (Wildman–Crippen MR) is 87.0 cm³/mol. The first-order valence-corrected chi connectivity index (χ1v) is 7.75. The predicted octanol–water partition coefficient (Wildman–Crippen LogP) is 4.63. The highest BCUT2D eigenvalue weighted by molar-refractivity contribution is 5.82. The standard InChI is InChI=1S/C18H26N2/c1-5-13(3)11-17(19-6-2)18-12-14(4)15-9-7-8-10-16(15)20-18/h7-10,12-13,17,19H,5-6,11H2,1-4H3. The van der Waals surface area contributed by atoms with Crippen LogP contribution < -0.4 is 5.32 Å². The van der Waals surface area contributed by atoms with Crippen molar-refractivity contribution in [2.45, 2.75) is 46.6 Å². The van der Waals surface area contributed by atoms with Gasteiger partial charge in [-0.25, -0.2) is 0 Å². The molecular weight excluding hydrogens is 244 g/mol. The van der Waals surface area contributed by atoms with E-state index in [4.69, 9.17) is 4.98 Å². The van der Waals surface area contributed by atoms with E-state index >= 15 is 0 Å². The van der Waals surface area contributed by atoms with Crippen LogP contribution in [0.15, 0.2) is 30.3 Å². The molecule has 0 aliphatic carbocycles. The molecule has 1 aromatic carbocycles. The van der Waals surface area contributed by atoms with Gasteiger partial charge in [0.1, 0.15) is 0 Å². The number of hydrogen-bond donors (Lipinski definition) is 1. The van der Waals surface area contributed by atoms with E-state index in [1.807, 2.05) is 0 Å². The fourth-order valence-electron chi connectivity index (χ4n) is 2.68. The molecule has 0 saturated heterocycles. The van der Waals surface area contributed by atoms with Crippen molar-refractivity contribution < 1.29 is 0 Å². The Morgan fingerprint density at radius 2 is 1.95 bits per heavy atom. The van der Waals surface area contributed by atoms with Gasteiger partial charge in [-0.3, -0.25) is 4.98 Å². The minimum Gasteiger partial charge on any atom is -0.309 e. The molecule has 1 heterocycles. The van der Waals surface area contributed by atoms with Crippen LogP contribution in [0.5, 0.6) is 0 Å². The molecule has 0 fully saturated rings. The largest absolute Gasteiger partial charge is 0.309 e. The number of fused-ring (bicyclic) bond motifs is 1. The van der Waals surface area contributed by atoms with Crippen molar-refractivity contribution >= 4 is 10.9 Å². The molecule has 2 unspecified atom stereocenters. The van der Waals surface area contributed by atoms with Gasteiger partial charge in [-0.1, -0.05) is 45.4 Å². The van der Waals surface area contributed by atoms with E-state index in [0.717, 1.165) is 18.5 Å². The number of aryl methyl sites for hydroxylation is 1. The summed E-state index contributed by atoms with van der Waals surface area (Å²) in [7, 11) is 0. The molecule has 2 aromatic rings. The zero-order valence-corrected chi connectivity index (χ0v) is 13.1. The maximum atomic E-state index is 4.88. The van der Waals surface area contributed by atoms with Crippen molar-refractivity contribution in [1.29, 1.82) is 0 Å². The van der Waals surface area contributed by atoms with Crippen LogP contribution in [0.3, 0.4) is 0 Å². The molecule has 0 saturated carbocycles. The normalized spacial score (nSPS) is 14.4. The second kappa shape index (κ2) is 6.85. The van der Waals surface area contributed by atoms with Gasteiger partial charge in [-0.15, -0.1) is 0 Å². The topological polar surface area (TPSA) is 24.9 Å². The fraction of sp³-hybridized carbons (Fsp3) is 0.500. The minimum absolute atomic E-state index is 0.359. The number of pyridine rings is 1. The highest BCUT2D eigenvalue weighted by atomic mass is 14.9. The molecule has 2 rings (SSSR count). The SMILES string of the molecule is CCNC(CC(C)CC)c1cc(C)c2ccccc2n1. The molecular formula is C18H26N2. The number of nitrogens with one attached hydrogen (secondary N) is 1. The van der Waals surface area contributed by atoms with Gasteiger partial charge in [-0.05, 0) is 43.5 Å². The number of benzene rings is 1. The molecule has 0 radical (unpaired) electrons. The maximum Gasteiger partial charge on any atom is 0.0708 e. The Labute approximate surface area is 122 Å². The van der Waals surface area contributed by atoms with Gasteiger partial charge in [0.25, 0.3) is 0 Å². The summed E-state index contributed by atoms with van der Waals surface area (Å²) in [6.45, 7) is 9.90. The van der Waals surface area contributed by atoms with Crippen LogP contribution in [0.4, 0.5) is 0 Å². The van der Waals surface area contributed by atoms with Crippen LogP contribution in [0.25, 0.3) is 10.9 Å². The highest BCUT2D eigenvalue weighted by Gasteiger charge is 2.16. The molecule has 2 atom stereocenters. The van der Waals surface area contributed by atoms with Crippen LogP contribution in [0.2, 0.25) is 0 Å². The van der Waals surface area contributed by atoms with Gasteiger partial charge in [0, 0.05) is 11.4 Å². The lowest BCUT2D eigenvalue weighted by Gasteiger charge is -2.21. The van der Waals surface area contributed by atoms with Crippen LogP contribution in [0.1, 0.15) is 50.9 Å². The monoisotopic (exact) mass is 270 g/mol. The second-order valence-corrected chi connectivity index (χ2v) is 5.74. The van der Waals surface area contributed by atoms with Gasteiger partial charge in [0.15, 0.2) is 0 Å². The summed E-state index contributed by atoms with van der Waals surface area (Å²) in [6, 6.07) is 11.0. The Balaban J connectivity index is 2.37. The van der Waals surface area contributed by atoms with Gasteiger partial charge >= 0.3 is 0 Å². The Kier molecular flexibility index (Phi) is 5.13. The molecule has 20 heavy (non-hydrogen) atoms. The van der Waals surface area contributed by atoms with Crippen molar-refractivity contribution in [3.63, 3.8) is 0 Å². The van der Waals surface area contributed by atoms with Crippen LogP contribution in [-0.2, 0) is 0 Å². The number of hydrogen-bond acceptors (Lipinski definition) is 2. The molecule has 0 amide bonds. The van der Waals surface area contributed by atoms with Crippen molar-refractivity contribution in [2.24, 2.45) is 5.92 Å². The summed E-state index contributed by atoms with van der Waals surface area (Å²) >= 11 is 0. The summed E-state index contributed by atoms with van der Waals surface area (Å²) in [5, 5.41) is 4.85.